The molecular weight excluding hydrogens is 182 g/mol. The molecule has 1 amide bonds. The van der Waals surface area contributed by atoms with E-state index in [2.05, 4.69) is 0 Å². The highest BCUT2D eigenvalue weighted by Gasteiger charge is 2.28. The van der Waals surface area contributed by atoms with Gasteiger partial charge in [-0.25, -0.2) is 14.6 Å². The minimum absolute atomic E-state index is 0.407. The van der Waals surface area contributed by atoms with Gasteiger partial charge in [0.25, 0.3) is 5.91 Å². The van der Waals surface area contributed by atoms with Crippen molar-refractivity contribution in [2.75, 3.05) is 0 Å². The molecule has 1 unspecified atom stereocenters. The van der Waals surface area contributed by atoms with Crippen molar-refractivity contribution in [1.29, 1.82) is 0 Å². The number of nitrogens with one attached hydrogen (secondary N) is 1. The normalized spacial score (nSPS) is 22.7. The molecule has 0 aromatic heterocycles. The maximum Gasteiger partial charge on any atom is 0.267 e. The Balaban J connectivity index is 3.03. The fraction of sp³-hybridized carbons (Fsp3) is 0.286. The zero-order chi connectivity index (χ0) is 10.0. The number of aliphatic hydroxyl groups is 1. The minimum Gasteiger partial charge on any atom is -0.512 e. The summed E-state index contributed by atoms with van der Waals surface area (Å²) in [4.78, 5) is 10.8. The summed E-state index contributed by atoms with van der Waals surface area (Å²) in [6, 6.07) is 0. The van der Waals surface area contributed by atoms with E-state index in [0.717, 1.165) is 0 Å². The van der Waals surface area contributed by atoms with Crippen LogP contribution < -0.4 is 11.3 Å². The Morgan fingerprint density at radius 3 is 2.85 bits per heavy atom. The number of rotatable bonds is 1. The number of nitrogens with two attached hydrogens (primary N) is 1. The number of hydrogen-bond donors (Lipinski definition) is 3. The smallest absolute Gasteiger partial charge is 0.267 e. The molecule has 4 nitrogen and oxygen atoms in total. The molecule has 0 saturated carbocycles. The van der Waals surface area contributed by atoms with Gasteiger partial charge in [-0.2, -0.15) is 0 Å². The highest BCUT2D eigenvalue weighted by molar-refractivity contribution is 5.95. The number of allylic oxidation sites excluding steroid dienone is 3. The second-order valence-corrected chi connectivity index (χ2v) is 2.54. The van der Waals surface area contributed by atoms with Gasteiger partial charge in [-0.05, 0) is 0 Å². The van der Waals surface area contributed by atoms with Crippen LogP contribution in [0.4, 0.5) is 8.78 Å². The van der Waals surface area contributed by atoms with Gasteiger partial charge in [0.2, 0.25) is 0 Å². The zero-order valence-electron chi connectivity index (χ0n) is 6.55. The van der Waals surface area contributed by atoms with Crippen LogP contribution in [0.25, 0.3) is 0 Å². The molecule has 0 fully saturated rings. The second kappa shape index (κ2) is 3.53. The van der Waals surface area contributed by atoms with Crippen molar-refractivity contribution in [3.8, 4) is 0 Å². The summed E-state index contributed by atoms with van der Waals surface area (Å²) in [6.45, 7) is 0. The first-order valence-corrected chi connectivity index (χ1v) is 3.50. The van der Waals surface area contributed by atoms with Gasteiger partial charge in [-0.15, -0.1) is 0 Å². The van der Waals surface area contributed by atoms with Crippen LogP contribution in [0.1, 0.15) is 6.42 Å². The molecule has 1 aliphatic carbocycles. The van der Waals surface area contributed by atoms with Gasteiger partial charge in [0, 0.05) is 12.5 Å². The summed E-state index contributed by atoms with van der Waals surface area (Å²) >= 11 is 0. The van der Waals surface area contributed by atoms with E-state index in [-0.39, 0.29) is 0 Å². The van der Waals surface area contributed by atoms with Crippen LogP contribution in [0.5, 0.6) is 0 Å². The third-order valence-electron chi connectivity index (χ3n) is 1.63. The van der Waals surface area contributed by atoms with E-state index in [4.69, 9.17) is 10.9 Å². The average Bonchev–Trinajstić information content (AvgIpc) is 2.02. The molecule has 0 spiro atoms. The molecule has 0 saturated heterocycles. The van der Waals surface area contributed by atoms with Gasteiger partial charge < -0.3 is 5.11 Å². The summed E-state index contributed by atoms with van der Waals surface area (Å²) in [5.41, 5.74) is 0.942. The molecule has 13 heavy (non-hydrogen) atoms. The van der Waals surface area contributed by atoms with Crippen molar-refractivity contribution in [1.82, 2.24) is 5.43 Å². The van der Waals surface area contributed by atoms with Crippen molar-refractivity contribution in [2.45, 2.75) is 12.6 Å². The molecule has 0 aromatic carbocycles. The Hall–Kier alpha value is -1.43. The first-order valence-electron chi connectivity index (χ1n) is 3.50. The molecule has 0 aliphatic heterocycles. The molecule has 0 heterocycles. The van der Waals surface area contributed by atoms with Crippen LogP contribution in [0.3, 0.4) is 0 Å². The number of amides is 1. The fourth-order valence-corrected chi connectivity index (χ4v) is 1.05. The standard InChI is InChI=1S/C7H8F2N2O2/c8-4-1-3(12)2-5(9)6(4)7(13)11-10/h1,5,12H,2,10H2,(H,11,13). The molecule has 4 N–H and O–H groups in total. The van der Waals surface area contributed by atoms with E-state index < -0.39 is 35.7 Å². The van der Waals surface area contributed by atoms with Crippen molar-refractivity contribution < 1.29 is 18.7 Å². The molecule has 1 rings (SSSR count). The van der Waals surface area contributed by atoms with E-state index in [1.54, 1.807) is 5.43 Å². The first-order chi connectivity index (χ1) is 6.06. The van der Waals surface area contributed by atoms with Crippen LogP contribution in [0, 0.1) is 0 Å². The van der Waals surface area contributed by atoms with E-state index in [1.807, 2.05) is 0 Å². The number of hydrogen-bond acceptors (Lipinski definition) is 3. The Kier molecular flexibility index (Phi) is 2.62. The summed E-state index contributed by atoms with van der Waals surface area (Å²) < 4.78 is 25.8. The number of halogens is 2. The third-order valence-corrected chi connectivity index (χ3v) is 1.63. The van der Waals surface area contributed by atoms with Crippen molar-refractivity contribution >= 4 is 5.91 Å². The van der Waals surface area contributed by atoms with Crippen LogP contribution in [-0.2, 0) is 4.79 Å². The van der Waals surface area contributed by atoms with Gasteiger partial charge in [0.1, 0.15) is 12.0 Å². The van der Waals surface area contributed by atoms with Gasteiger partial charge in [-0.1, -0.05) is 0 Å². The second-order valence-electron chi connectivity index (χ2n) is 2.54. The maximum absolute atomic E-state index is 13.0. The predicted octanol–water partition coefficient (Wildman–Crippen LogP) is 0.384. The lowest BCUT2D eigenvalue weighted by Crippen LogP contribution is -2.35. The van der Waals surface area contributed by atoms with Gasteiger partial charge in [0.15, 0.2) is 0 Å². The van der Waals surface area contributed by atoms with E-state index in [9.17, 15) is 13.6 Å². The maximum atomic E-state index is 13.0. The van der Waals surface area contributed by atoms with E-state index in [0.29, 0.717) is 6.08 Å². The van der Waals surface area contributed by atoms with Crippen LogP contribution in [0.2, 0.25) is 0 Å². The Bertz CT molecular complexity index is 299. The van der Waals surface area contributed by atoms with Gasteiger partial charge in [0.05, 0.1) is 11.3 Å². The number of aliphatic hydroxyl groups excluding tert-OH is 1. The van der Waals surface area contributed by atoms with Gasteiger partial charge >= 0.3 is 0 Å². The lowest BCUT2D eigenvalue weighted by atomic mass is 10.0. The lowest BCUT2D eigenvalue weighted by Gasteiger charge is -2.15. The number of carbonyl (C=O) groups excluding carboxylic acids is 1. The van der Waals surface area contributed by atoms with Crippen LogP contribution in [-0.4, -0.2) is 17.2 Å². The highest BCUT2D eigenvalue weighted by atomic mass is 19.1. The lowest BCUT2D eigenvalue weighted by molar-refractivity contribution is -0.118. The van der Waals surface area contributed by atoms with Crippen molar-refractivity contribution in [2.24, 2.45) is 5.84 Å². The van der Waals surface area contributed by atoms with Crippen molar-refractivity contribution in [3.05, 3.63) is 23.2 Å². The zero-order valence-corrected chi connectivity index (χ0v) is 6.55. The molecule has 0 radical (unpaired) electrons. The molecule has 6 heteroatoms. The summed E-state index contributed by atoms with van der Waals surface area (Å²) in [7, 11) is 0. The molecule has 72 valence electrons. The highest BCUT2D eigenvalue weighted by Crippen LogP contribution is 2.26. The molecule has 0 bridgehead atoms. The summed E-state index contributed by atoms with van der Waals surface area (Å²) in [5.74, 6) is 2.16. The minimum atomic E-state index is -1.85. The Morgan fingerprint density at radius 2 is 2.38 bits per heavy atom. The summed E-state index contributed by atoms with van der Waals surface area (Å²) in [5, 5.41) is 8.81. The topological polar surface area (TPSA) is 75.3 Å². The quantitative estimate of drug-likeness (QED) is 0.318. The molecule has 0 aromatic rings. The van der Waals surface area contributed by atoms with E-state index >= 15 is 0 Å². The molecular formula is C7H8F2N2O2. The predicted molar refractivity (Wildman–Crippen MR) is 40.7 cm³/mol. The van der Waals surface area contributed by atoms with Crippen molar-refractivity contribution in [3.63, 3.8) is 0 Å². The van der Waals surface area contributed by atoms with E-state index in [1.165, 1.54) is 0 Å². The average molecular weight is 190 g/mol. The molecule has 1 atom stereocenters. The summed E-state index contributed by atoms with van der Waals surface area (Å²) in [6.07, 6.45) is -1.56. The third kappa shape index (κ3) is 1.83. The largest absolute Gasteiger partial charge is 0.512 e. The number of hydrazine groups is 1. The first kappa shape index (κ1) is 9.66. The SMILES string of the molecule is NNC(=O)C1=C(F)C=C(O)CC1F. The molecule has 1 aliphatic rings. The Labute approximate surface area is 72.7 Å². The monoisotopic (exact) mass is 190 g/mol. The Morgan fingerprint density at radius 1 is 1.77 bits per heavy atom. The van der Waals surface area contributed by atoms with Crippen LogP contribution in [0.15, 0.2) is 23.2 Å². The number of alkyl halides is 1. The fourth-order valence-electron chi connectivity index (χ4n) is 1.05. The number of carbonyl (C=O) groups is 1. The van der Waals surface area contributed by atoms with Crippen LogP contribution >= 0.6 is 0 Å². The van der Waals surface area contributed by atoms with Gasteiger partial charge in [-0.3, -0.25) is 10.2 Å².